The quantitative estimate of drug-likeness (QED) is 0.731. The Morgan fingerprint density at radius 2 is 2.31 bits per heavy atom. The fraction of sp³-hybridized carbons (Fsp3) is 0.462. The van der Waals surface area contributed by atoms with E-state index in [9.17, 15) is 0 Å². The van der Waals surface area contributed by atoms with Gasteiger partial charge < -0.3 is 4.98 Å². The summed E-state index contributed by atoms with van der Waals surface area (Å²) < 4.78 is 0. The number of hydrogen-bond donors (Lipinski definition) is 1. The highest BCUT2D eigenvalue weighted by atomic mass is 15.1. The molecule has 0 saturated carbocycles. The van der Waals surface area contributed by atoms with Crippen molar-refractivity contribution in [3.63, 3.8) is 0 Å². The average Bonchev–Trinajstić information content (AvgIpc) is 2.55. The monoisotopic (exact) mass is 215 g/mol. The van der Waals surface area contributed by atoms with Crippen LogP contribution in [-0.4, -0.2) is 28.0 Å². The first-order valence-corrected chi connectivity index (χ1v) is 5.81. The number of nitrogens with zero attached hydrogens (tertiary/aromatic N) is 2. The number of likely N-dealkylation sites (N-methyl/N-ethyl adjacent to an activating group) is 1. The lowest BCUT2D eigenvalue weighted by atomic mass is 10.0. The molecule has 1 N–H and O–H groups in total. The number of aromatic nitrogens is 2. The summed E-state index contributed by atoms with van der Waals surface area (Å²) >= 11 is 0. The zero-order valence-electron chi connectivity index (χ0n) is 10.0. The molecule has 1 atom stereocenters. The molecule has 84 valence electrons. The highest BCUT2D eigenvalue weighted by Gasteiger charge is 2.23. The second-order valence-corrected chi connectivity index (χ2v) is 4.96. The molecule has 1 aliphatic heterocycles. The Kier molecular flexibility index (Phi) is 2.04. The van der Waals surface area contributed by atoms with Crippen molar-refractivity contribution in [1.82, 2.24) is 14.9 Å². The molecule has 0 unspecified atom stereocenters. The number of rotatable bonds is 0. The Morgan fingerprint density at radius 3 is 3.12 bits per heavy atom. The molecule has 1 aliphatic rings. The fourth-order valence-corrected chi connectivity index (χ4v) is 2.50. The number of hydrogen-bond acceptors (Lipinski definition) is 2. The van der Waals surface area contributed by atoms with Crippen molar-refractivity contribution in [3.8, 4) is 0 Å². The second-order valence-electron chi connectivity index (χ2n) is 4.96. The maximum Gasteiger partial charge on any atom is 0.0914 e. The molecule has 0 fully saturated rings. The van der Waals surface area contributed by atoms with Gasteiger partial charge in [-0.25, -0.2) is 0 Å². The molecule has 0 spiro atoms. The molecule has 0 radical (unpaired) electrons. The molecule has 0 aliphatic carbocycles. The Morgan fingerprint density at radius 1 is 1.50 bits per heavy atom. The van der Waals surface area contributed by atoms with Crippen molar-refractivity contribution < 1.29 is 0 Å². The Bertz CT molecular complexity index is 541. The second kappa shape index (κ2) is 3.32. The predicted octanol–water partition coefficient (Wildman–Crippen LogP) is 2.25. The van der Waals surface area contributed by atoms with Crippen molar-refractivity contribution in [1.29, 1.82) is 0 Å². The third-order valence-corrected chi connectivity index (χ3v) is 3.62. The Hall–Kier alpha value is -1.35. The molecule has 3 heteroatoms. The van der Waals surface area contributed by atoms with E-state index in [0.717, 1.165) is 13.0 Å². The third kappa shape index (κ3) is 1.35. The first-order valence-electron chi connectivity index (χ1n) is 5.81. The molecule has 0 bridgehead atoms. The van der Waals surface area contributed by atoms with Gasteiger partial charge in [0.15, 0.2) is 0 Å². The summed E-state index contributed by atoms with van der Waals surface area (Å²) in [7, 11) is 2.18. The van der Waals surface area contributed by atoms with Crippen LogP contribution in [0, 0.1) is 6.92 Å². The van der Waals surface area contributed by atoms with Crippen molar-refractivity contribution in [2.45, 2.75) is 32.9 Å². The summed E-state index contributed by atoms with van der Waals surface area (Å²) in [5.74, 6) is 0. The van der Waals surface area contributed by atoms with Crippen LogP contribution in [0.2, 0.25) is 0 Å². The van der Waals surface area contributed by atoms with E-state index in [1.54, 1.807) is 0 Å². The largest absolute Gasteiger partial charge is 0.356 e. The van der Waals surface area contributed by atoms with Gasteiger partial charge in [0.1, 0.15) is 0 Å². The van der Waals surface area contributed by atoms with E-state index in [-0.39, 0.29) is 0 Å². The van der Waals surface area contributed by atoms with E-state index in [2.05, 4.69) is 41.8 Å². The number of aryl methyl sites for hydroxylation is 1. The van der Waals surface area contributed by atoms with Crippen LogP contribution >= 0.6 is 0 Å². The van der Waals surface area contributed by atoms with Crippen LogP contribution in [0.5, 0.6) is 0 Å². The third-order valence-electron chi connectivity index (χ3n) is 3.62. The fourth-order valence-electron chi connectivity index (χ4n) is 2.50. The van der Waals surface area contributed by atoms with Crippen molar-refractivity contribution >= 4 is 11.0 Å². The van der Waals surface area contributed by atoms with Crippen LogP contribution in [-0.2, 0) is 13.0 Å². The van der Waals surface area contributed by atoms with Gasteiger partial charge in [0, 0.05) is 30.0 Å². The van der Waals surface area contributed by atoms with Gasteiger partial charge in [0.25, 0.3) is 0 Å². The number of pyridine rings is 1. The first-order chi connectivity index (χ1) is 7.65. The topological polar surface area (TPSA) is 31.9 Å². The molecule has 2 aromatic rings. The van der Waals surface area contributed by atoms with Crippen LogP contribution in [0.3, 0.4) is 0 Å². The van der Waals surface area contributed by atoms with Gasteiger partial charge in [0.2, 0.25) is 0 Å². The highest BCUT2D eigenvalue weighted by molar-refractivity contribution is 5.81. The molecule has 3 rings (SSSR count). The summed E-state index contributed by atoms with van der Waals surface area (Å²) in [5, 5.41) is 0. The predicted molar refractivity (Wildman–Crippen MR) is 65.5 cm³/mol. The minimum absolute atomic E-state index is 0.606. The minimum atomic E-state index is 0.606. The van der Waals surface area contributed by atoms with E-state index in [0.29, 0.717) is 6.04 Å². The normalized spacial score (nSPS) is 21.3. The zero-order valence-corrected chi connectivity index (χ0v) is 10.0. The number of fused-ring (bicyclic) bond motifs is 3. The van der Waals surface area contributed by atoms with Gasteiger partial charge in [-0.05, 0) is 38.9 Å². The number of aromatic amines is 1. The molecule has 3 heterocycles. The molecular formula is C13H17N3. The lowest BCUT2D eigenvalue weighted by molar-refractivity contribution is 0.229. The molecule has 0 aromatic carbocycles. The summed E-state index contributed by atoms with van der Waals surface area (Å²) in [6, 6.07) is 2.79. The zero-order chi connectivity index (χ0) is 11.3. The number of H-pyrrole nitrogens is 1. The van der Waals surface area contributed by atoms with Gasteiger partial charge in [-0.15, -0.1) is 0 Å². The Labute approximate surface area is 95.5 Å². The maximum atomic E-state index is 4.56. The van der Waals surface area contributed by atoms with Gasteiger partial charge in [-0.3, -0.25) is 9.88 Å². The summed E-state index contributed by atoms with van der Waals surface area (Å²) in [4.78, 5) is 10.4. The standard InChI is InChI=1S/C13H17N3/c1-8-4-11-13(14-6-8)10-5-9(2)16(3)7-12(10)15-11/h4,6,9,15H,5,7H2,1-3H3/t9-/m0/s1. The van der Waals surface area contributed by atoms with Gasteiger partial charge >= 0.3 is 0 Å². The maximum absolute atomic E-state index is 4.56. The molecule has 3 nitrogen and oxygen atoms in total. The summed E-state index contributed by atoms with van der Waals surface area (Å²) in [6.07, 6.45) is 3.06. The van der Waals surface area contributed by atoms with Gasteiger partial charge in [0.05, 0.1) is 11.0 Å². The smallest absolute Gasteiger partial charge is 0.0914 e. The van der Waals surface area contributed by atoms with E-state index < -0.39 is 0 Å². The van der Waals surface area contributed by atoms with Crippen molar-refractivity contribution in [3.05, 3.63) is 29.1 Å². The minimum Gasteiger partial charge on any atom is -0.356 e. The average molecular weight is 215 g/mol. The molecule has 0 saturated heterocycles. The van der Waals surface area contributed by atoms with Crippen LogP contribution in [0.15, 0.2) is 12.3 Å². The molecule has 2 aromatic heterocycles. The van der Waals surface area contributed by atoms with Gasteiger partial charge in [-0.2, -0.15) is 0 Å². The lowest BCUT2D eigenvalue weighted by Crippen LogP contribution is -2.34. The number of nitrogens with one attached hydrogen (secondary N) is 1. The van der Waals surface area contributed by atoms with E-state index in [1.807, 2.05) is 6.20 Å². The van der Waals surface area contributed by atoms with Crippen LogP contribution < -0.4 is 0 Å². The first kappa shape index (κ1) is 9.85. The highest BCUT2D eigenvalue weighted by Crippen LogP contribution is 2.28. The molecular weight excluding hydrogens is 198 g/mol. The summed E-state index contributed by atoms with van der Waals surface area (Å²) in [5.41, 5.74) is 6.33. The van der Waals surface area contributed by atoms with Crippen LogP contribution in [0.4, 0.5) is 0 Å². The lowest BCUT2D eigenvalue weighted by Gasteiger charge is -2.29. The Balaban J connectivity index is 2.20. The van der Waals surface area contributed by atoms with Crippen LogP contribution in [0.25, 0.3) is 11.0 Å². The van der Waals surface area contributed by atoms with Crippen molar-refractivity contribution in [2.24, 2.45) is 0 Å². The SMILES string of the molecule is Cc1cnc2c3c([nH]c2c1)CN(C)[C@@H](C)C3. The van der Waals surface area contributed by atoms with E-state index >= 15 is 0 Å². The van der Waals surface area contributed by atoms with E-state index in [1.165, 1.54) is 27.9 Å². The summed E-state index contributed by atoms with van der Waals surface area (Å²) in [6.45, 7) is 5.36. The van der Waals surface area contributed by atoms with Crippen molar-refractivity contribution in [2.75, 3.05) is 7.05 Å². The molecule has 0 amide bonds. The molecule has 16 heavy (non-hydrogen) atoms. The van der Waals surface area contributed by atoms with E-state index in [4.69, 9.17) is 0 Å². The van der Waals surface area contributed by atoms with Gasteiger partial charge in [-0.1, -0.05) is 0 Å². The van der Waals surface area contributed by atoms with Crippen LogP contribution in [0.1, 0.15) is 23.7 Å².